The Hall–Kier alpha value is -0.600. The summed E-state index contributed by atoms with van der Waals surface area (Å²) in [6.07, 6.45) is -1.76. The summed E-state index contributed by atoms with van der Waals surface area (Å²) in [6, 6.07) is 0. The van der Waals surface area contributed by atoms with E-state index in [2.05, 4.69) is 4.85 Å². The van der Waals surface area contributed by atoms with Crippen molar-refractivity contribution < 1.29 is 14.9 Å². The van der Waals surface area contributed by atoms with Crippen LogP contribution >= 0.6 is 11.6 Å². The van der Waals surface area contributed by atoms with Gasteiger partial charge in [-0.1, -0.05) is 0 Å². The maximum Gasteiger partial charge on any atom is 0.251 e. The van der Waals surface area contributed by atoms with Gasteiger partial charge < -0.3 is 14.9 Å². The molecule has 0 aromatic rings. The highest BCUT2D eigenvalue weighted by atomic mass is 35.5. The first kappa shape index (κ1) is 10.5. The Bertz CT molecular complexity index is 261. The summed E-state index contributed by atoms with van der Waals surface area (Å²) in [5, 5.41) is 18.6. The highest BCUT2D eigenvalue weighted by molar-refractivity contribution is 6.30. The number of rotatable bonds is 1. The number of aliphatic hydroxyl groups excluding tert-OH is 2. The Kier molecular flexibility index (Phi) is 3.28. The smallest absolute Gasteiger partial charge is 0.251 e. The minimum Gasteiger partial charge on any atom is -0.388 e. The third-order valence-electron chi connectivity index (χ3n) is 1.95. The van der Waals surface area contributed by atoms with Gasteiger partial charge in [0.05, 0.1) is 18.8 Å². The second kappa shape index (κ2) is 4.07. The first-order valence-electron chi connectivity index (χ1n) is 3.82. The molecular formula is C8H10ClNO3. The molecule has 0 radical (unpaired) electrons. The summed E-state index contributed by atoms with van der Waals surface area (Å²) in [4.78, 5) is 2.94. The van der Waals surface area contributed by atoms with Gasteiger partial charge in [0.1, 0.15) is 12.2 Å². The molecule has 0 amide bonds. The Morgan fingerprint density at radius 3 is 2.54 bits per heavy atom. The molecule has 72 valence electrons. The molecule has 1 fully saturated rings. The number of nitrogens with zero attached hydrogens (tertiary/aromatic N) is 1. The van der Waals surface area contributed by atoms with Gasteiger partial charge in [0.15, 0.2) is 0 Å². The topological polar surface area (TPSA) is 54.0 Å². The molecule has 0 aromatic carbocycles. The molecular weight excluding hydrogens is 194 g/mol. The predicted molar refractivity (Wildman–Crippen MR) is 46.9 cm³/mol. The van der Waals surface area contributed by atoms with Crippen LogP contribution < -0.4 is 0 Å². The largest absolute Gasteiger partial charge is 0.388 e. The second-order valence-electron chi connectivity index (χ2n) is 2.89. The Morgan fingerprint density at radius 2 is 2.15 bits per heavy atom. The number of hydrogen-bond acceptors (Lipinski definition) is 3. The zero-order valence-electron chi connectivity index (χ0n) is 7.01. The first-order chi connectivity index (χ1) is 6.06. The minimum atomic E-state index is -1.01. The number of hydrogen-bond donors (Lipinski definition) is 2. The molecule has 5 heteroatoms. The van der Waals surface area contributed by atoms with Crippen LogP contribution in [0.15, 0.2) is 11.2 Å². The third kappa shape index (κ3) is 2.20. The van der Waals surface area contributed by atoms with Gasteiger partial charge in [-0.05, 0) is 13.0 Å². The fourth-order valence-electron chi connectivity index (χ4n) is 1.19. The second-order valence-corrected chi connectivity index (χ2v) is 3.28. The molecule has 0 aliphatic carbocycles. The molecule has 0 saturated carbocycles. The third-order valence-corrected chi connectivity index (χ3v) is 2.16. The molecule has 0 bridgehead atoms. The van der Waals surface area contributed by atoms with Gasteiger partial charge in [-0.3, -0.25) is 0 Å². The van der Waals surface area contributed by atoms with Gasteiger partial charge in [-0.15, -0.1) is 11.6 Å². The van der Waals surface area contributed by atoms with Gasteiger partial charge in [0, 0.05) is 0 Å². The average Bonchev–Trinajstić information content (AvgIpc) is 2.34. The summed E-state index contributed by atoms with van der Waals surface area (Å²) >= 11 is 5.44. The van der Waals surface area contributed by atoms with E-state index < -0.39 is 24.4 Å². The molecule has 1 aliphatic rings. The van der Waals surface area contributed by atoms with Crippen LogP contribution in [0.2, 0.25) is 0 Å². The highest BCUT2D eigenvalue weighted by Gasteiger charge is 2.38. The molecule has 0 aromatic heterocycles. The van der Waals surface area contributed by atoms with Crippen LogP contribution in [0, 0.1) is 6.57 Å². The molecule has 1 heterocycles. The zero-order chi connectivity index (χ0) is 10.0. The van der Waals surface area contributed by atoms with Crippen LogP contribution in [-0.4, -0.2) is 34.6 Å². The van der Waals surface area contributed by atoms with E-state index in [4.69, 9.17) is 22.9 Å². The lowest BCUT2D eigenvalue weighted by atomic mass is 10.1. The van der Waals surface area contributed by atoms with E-state index in [0.717, 1.165) is 0 Å². The summed E-state index contributed by atoms with van der Waals surface area (Å²) in [5.74, 6) is 0. The van der Waals surface area contributed by atoms with Gasteiger partial charge in [-0.25, -0.2) is 4.85 Å². The molecule has 0 spiro atoms. The van der Waals surface area contributed by atoms with Crippen molar-refractivity contribution in [1.82, 2.24) is 0 Å². The summed E-state index contributed by atoms with van der Waals surface area (Å²) in [7, 11) is 0. The van der Waals surface area contributed by atoms with E-state index in [1.54, 1.807) is 6.92 Å². The van der Waals surface area contributed by atoms with Crippen molar-refractivity contribution in [2.24, 2.45) is 0 Å². The summed E-state index contributed by atoms with van der Waals surface area (Å²) < 4.78 is 5.15. The van der Waals surface area contributed by atoms with Crippen molar-refractivity contribution in [3.8, 4) is 0 Å². The normalized spacial score (nSPS) is 40.4. The van der Waals surface area contributed by atoms with E-state index in [1.165, 1.54) is 6.08 Å². The molecule has 1 saturated heterocycles. The van der Waals surface area contributed by atoms with Crippen LogP contribution in [0.4, 0.5) is 0 Å². The SMILES string of the molecule is [C-]#[N+]C(Cl)=C[C@H]1O[C@@H](C)C(O)[C@H]1O. The fraction of sp³-hybridized carbons (Fsp3) is 0.625. The Morgan fingerprint density at radius 1 is 1.54 bits per heavy atom. The molecule has 1 rings (SSSR count). The van der Waals surface area contributed by atoms with Crippen LogP contribution in [0.3, 0.4) is 0 Å². The van der Waals surface area contributed by atoms with Gasteiger partial charge in [-0.2, -0.15) is 0 Å². The van der Waals surface area contributed by atoms with Crippen molar-refractivity contribution in [3.05, 3.63) is 22.6 Å². The molecule has 1 aliphatic heterocycles. The lowest BCUT2D eigenvalue weighted by Crippen LogP contribution is -2.30. The van der Waals surface area contributed by atoms with Crippen molar-refractivity contribution in [3.63, 3.8) is 0 Å². The van der Waals surface area contributed by atoms with Crippen molar-refractivity contribution >= 4 is 11.6 Å². The first-order valence-corrected chi connectivity index (χ1v) is 4.20. The molecule has 2 N–H and O–H groups in total. The molecule has 1 unspecified atom stereocenters. The standard InChI is InChI=1S/C8H10ClNO3/c1-4-7(11)8(12)5(13-4)3-6(9)10-2/h3-5,7-8,11-12H,1H3/t4-,5+,7?,8-/m0/s1. The van der Waals surface area contributed by atoms with Crippen LogP contribution in [-0.2, 0) is 4.74 Å². The zero-order valence-corrected chi connectivity index (χ0v) is 7.77. The fourth-order valence-corrected chi connectivity index (χ4v) is 1.32. The van der Waals surface area contributed by atoms with Crippen LogP contribution in [0.1, 0.15) is 6.92 Å². The lowest BCUT2D eigenvalue weighted by molar-refractivity contribution is 0.0316. The van der Waals surface area contributed by atoms with E-state index in [9.17, 15) is 10.2 Å². The number of ether oxygens (including phenoxy) is 1. The van der Waals surface area contributed by atoms with Crippen molar-refractivity contribution in [2.45, 2.75) is 31.3 Å². The Labute approximate surface area is 81.2 Å². The van der Waals surface area contributed by atoms with Crippen LogP contribution in [0.25, 0.3) is 4.85 Å². The quantitative estimate of drug-likeness (QED) is 0.482. The van der Waals surface area contributed by atoms with Crippen LogP contribution in [0.5, 0.6) is 0 Å². The minimum absolute atomic E-state index is 0.0645. The number of aliphatic hydroxyl groups is 2. The molecule has 13 heavy (non-hydrogen) atoms. The van der Waals surface area contributed by atoms with Gasteiger partial charge in [0.25, 0.3) is 5.16 Å². The lowest BCUT2D eigenvalue weighted by Gasteiger charge is -2.09. The molecule has 4 nitrogen and oxygen atoms in total. The van der Waals surface area contributed by atoms with E-state index in [-0.39, 0.29) is 5.16 Å². The maximum absolute atomic E-state index is 9.39. The van der Waals surface area contributed by atoms with Crippen molar-refractivity contribution in [1.29, 1.82) is 0 Å². The monoisotopic (exact) mass is 203 g/mol. The van der Waals surface area contributed by atoms with E-state index in [1.807, 2.05) is 0 Å². The van der Waals surface area contributed by atoms with E-state index >= 15 is 0 Å². The summed E-state index contributed by atoms with van der Waals surface area (Å²) in [5.41, 5.74) is 0. The Balaban J connectivity index is 2.70. The van der Waals surface area contributed by atoms with E-state index in [0.29, 0.717) is 0 Å². The maximum atomic E-state index is 9.39. The summed E-state index contributed by atoms with van der Waals surface area (Å²) in [6.45, 7) is 8.21. The van der Waals surface area contributed by atoms with Crippen molar-refractivity contribution in [2.75, 3.05) is 0 Å². The number of halogens is 1. The van der Waals surface area contributed by atoms with Gasteiger partial charge in [0.2, 0.25) is 0 Å². The van der Waals surface area contributed by atoms with Gasteiger partial charge >= 0.3 is 0 Å². The average molecular weight is 204 g/mol. The molecule has 4 atom stereocenters. The predicted octanol–water partition coefficient (Wildman–Crippen LogP) is 0.495. The highest BCUT2D eigenvalue weighted by Crippen LogP contribution is 2.23.